The SMILES string of the molecule is C1=CC2C(=C1)Sc1cccc(B3c4ccccc4B(c4ccccc4)c4ccccc43)c12. The molecule has 1 aliphatic carbocycles. The van der Waals surface area contributed by atoms with Crippen LogP contribution in [0.1, 0.15) is 11.5 Å². The van der Waals surface area contributed by atoms with Crippen LogP contribution < -0.4 is 32.8 Å². The Balaban J connectivity index is 1.50. The van der Waals surface area contributed by atoms with E-state index in [2.05, 4.69) is 115 Å². The van der Waals surface area contributed by atoms with Gasteiger partial charge in [0.25, 0.3) is 0 Å². The Morgan fingerprint density at radius 3 is 1.84 bits per heavy atom. The van der Waals surface area contributed by atoms with Gasteiger partial charge in [-0.25, -0.2) is 0 Å². The van der Waals surface area contributed by atoms with Crippen LogP contribution in [-0.2, 0) is 0 Å². The fourth-order valence-corrected chi connectivity index (χ4v) is 7.13. The van der Waals surface area contributed by atoms with E-state index in [1.165, 1.54) is 48.1 Å². The maximum absolute atomic E-state index is 2.37. The molecule has 0 nitrogen and oxygen atoms in total. The molecule has 1 unspecified atom stereocenters. The summed E-state index contributed by atoms with van der Waals surface area (Å²) < 4.78 is 0. The van der Waals surface area contributed by atoms with Crippen molar-refractivity contribution in [3.8, 4) is 0 Å². The molecule has 2 heterocycles. The molecule has 0 N–H and O–H groups in total. The second-order valence-corrected chi connectivity index (χ2v) is 9.94. The Labute approximate surface area is 194 Å². The number of hydrogen-bond acceptors (Lipinski definition) is 1. The van der Waals surface area contributed by atoms with Crippen LogP contribution in [-0.4, -0.2) is 13.4 Å². The molecule has 0 bridgehead atoms. The van der Waals surface area contributed by atoms with Gasteiger partial charge in [0, 0.05) is 15.7 Å². The number of benzene rings is 4. The minimum absolute atomic E-state index is 0.256. The van der Waals surface area contributed by atoms with Gasteiger partial charge in [-0.1, -0.05) is 154 Å². The van der Waals surface area contributed by atoms with E-state index in [-0.39, 0.29) is 13.4 Å². The van der Waals surface area contributed by atoms with Crippen molar-refractivity contribution in [3.05, 3.63) is 126 Å². The largest absolute Gasteiger partial charge is 0.240 e. The molecular formula is C29H20B2S. The first-order valence-corrected chi connectivity index (χ1v) is 12.1. The average molecular weight is 422 g/mol. The van der Waals surface area contributed by atoms with Gasteiger partial charge in [0.15, 0.2) is 0 Å². The third kappa shape index (κ3) is 2.61. The van der Waals surface area contributed by atoms with Crippen molar-refractivity contribution < 1.29 is 0 Å². The van der Waals surface area contributed by atoms with Crippen LogP contribution in [0.15, 0.2) is 125 Å². The Morgan fingerprint density at radius 1 is 0.562 bits per heavy atom. The van der Waals surface area contributed by atoms with E-state index in [0.717, 1.165) is 0 Å². The monoisotopic (exact) mass is 422 g/mol. The Kier molecular flexibility index (Phi) is 4.13. The predicted molar refractivity (Wildman–Crippen MR) is 141 cm³/mol. The molecule has 4 aromatic rings. The highest BCUT2D eigenvalue weighted by atomic mass is 32.2. The zero-order valence-electron chi connectivity index (χ0n) is 17.6. The lowest BCUT2D eigenvalue weighted by Gasteiger charge is -2.33. The number of allylic oxidation sites excluding steroid dienone is 4. The van der Waals surface area contributed by atoms with Gasteiger partial charge in [0.1, 0.15) is 0 Å². The van der Waals surface area contributed by atoms with E-state index < -0.39 is 0 Å². The second kappa shape index (κ2) is 7.18. The topological polar surface area (TPSA) is 0 Å². The van der Waals surface area contributed by atoms with Gasteiger partial charge >= 0.3 is 0 Å². The molecule has 0 saturated heterocycles. The molecular weight excluding hydrogens is 402 g/mol. The zero-order chi connectivity index (χ0) is 21.1. The first kappa shape index (κ1) is 18.4. The summed E-state index contributed by atoms with van der Waals surface area (Å²) in [4.78, 5) is 2.88. The van der Waals surface area contributed by atoms with E-state index in [0.29, 0.717) is 5.92 Å². The maximum atomic E-state index is 2.37. The van der Waals surface area contributed by atoms with Crippen molar-refractivity contribution in [3.63, 3.8) is 0 Å². The molecule has 148 valence electrons. The van der Waals surface area contributed by atoms with Crippen LogP contribution in [0, 0.1) is 0 Å². The van der Waals surface area contributed by atoms with Gasteiger partial charge in [-0.3, -0.25) is 0 Å². The highest BCUT2D eigenvalue weighted by Crippen LogP contribution is 2.50. The first-order valence-electron chi connectivity index (χ1n) is 11.3. The summed E-state index contributed by atoms with van der Waals surface area (Å²) in [7, 11) is 0. The summed E-state index contributed by atoms with van der Waals surface area (Å²) in [6, 6.07) is 36.1. The maximum Gasteiger partial charge on any atom is 0.240 e. The molecule has 0 aromatic heterocycles. The highest BCUT2D eigenvalue weighted by molar-refractivity contribution is 8.03. The van der Waals surface area contributed by atoms with E-state index in [9.17, 15) is 0 Å². The lowest BCUT2D eigenvalue weighted by atomic mass is 9.21. The van der Waals surface area contributed by atoms with Crippen molar-refractivity contribution in [2.45, 2.75) is 10.8 Å². The molecule has 7 rings (SSSR count). The number of rotatable bonds is 2. The van der Waals surface area contributed by atoms with Gasteiger partial charge in [0.05, 0.1) is 0 Å². The fraction of sp³-hybridized carbons (Fsp3) is 0.0345. The van der Waals surface area contributed by atoms with E-state index in [1.807, 2.05) is 11.8 Å². The summed E-state index contributed by atoms with van der Waals surface area (Å²) in [6.45, 7) is 0.527. The minimum atomic E-state index is 0.256. The van der Waals surface area contributed by atoms with Crippen molar-refractivity contribution in [2.75, 3.05) is 0 Å². The van der Waals surface area contributed by atoms with Crippen molar-refractivity contribution in [1.29, 1.82) is 0 Å². The molecule has 1 atom stereocenters. The standard InChI is InChI=1S/C29H20B2S/c1-2-10-20(11-3-1)30-22-13-4-6-15-24(22)31(25-16-7-5-14-23(25)30)26-17-9-19-28-29(26)21-12-8-18-27(21)32-28/h1-19,21H. The molecule has 3 heteroatoms. The molecule has 32 heavy (non-hydrogen) atoms. The van der Waals surface area contributed by atoms with Crippen molar-refractivity contribution in [2.24, 2.45) is 0 Å². The van der Waals surface area contributed by atoms with Crippen LogP contribution in [0.4, 0.5) is 0 Å². The molecule has 4 aromatic carbocycles. The third-order valence-corrected chi connectivity index (χ3v) is 8.39. The fourth-order valence-electron chi connectivity index (χ4n) is 5.91. The summed E-state index contributed by atoms with van der Waals surface area (Å²) in [5.41, 5.74) is 10.1. The van der Waals surface area contributed by atoms with E-state index in [1.54, 1.807) is 0 Å². The summed E-state index contributed by atoms with van der Waals surface area (Å²) >= 11 is 1.94. The van der Waals surface area contributed by atoms with Crippen LogP contribution in [0.2, 0.25) is 0 Å². The number of hydrogen-bond donors (Lipinski definition) is 0. The average Bonchev–Trinajstić information content (AvgIpc) is 3.44. The van der Waals surface area contributed by atoms with Crippen molar-refractivity contribution in [1.82, 2.24) is 0 Å². The number of thioether (sulfide) groups is 1. The summed E-state index contributed by atoms with van der Waals surface area (Å²) in [5.74, 6) is 0.414. The highest BCUT2D eigenvalue weighted by Gasteiger charge is 2.41. The summed E-state index contributed by atoms with van der Waals surface area (Å²) in [5, 5.41) is 0. The van der Waals surface area contributed by atoms with Crippen LogP contribution >= 0.6 is 11.8 Å². The quantitative estimate of drug-likeness (QED) is 0.395. The van der Waals surface area contributed by atoms with Crippen LogP contribution in [0.25, 0.3) is 0 Å². The van der Waals surface area contributed by atoms with Gasteiger partial charge in [-0.15, -0.1) is 0 Å². The third-order valence-electron chi connectivity index (χ3n) is 7.19. The smallest absolute Gasteiger partial charge is 0.0933 e. The second-order valence-electron chi connectivity index (χ2n) is 8.83. The molecule has 2 aliphatic heterocycles. The van der Waals surface area contributed by atoms with Gasteiger partial charge in [-0.2, -0.15) is 0 Å². The van der Waals surface area contributed by atoms with Crippen LogP contribution in [0.3, 0.4) is 0 Å². The molecule has 0 radical (unpaired) electrons. The molecule has 0 amide bonds. The van der Waals surface area contributed by atoms with Gasteiger partial charge < -0.3 is 0 Å². The molecule has 3 aliphatic rings. The van der Waals surface area contributed by atoms with Gasteiger partial charge in [0.2, 0.25) is 13.4 Å². The number of fused-ring (bicyclic) bond motifs is 5. The first-order chi connectivity index (χ1) is 15.9. The lowest BCUT2D eigenvalue weighted by molar-refractivity contribution is 1.08. The normalized spacial score (nSPS) is 17.5. The summed E-state index contributed by atoms with van der Waals surface area (Å²) in [6.07, 6.45) is 6.87. The van der Waals surface area contributed by atoms with E-state index in [4.69, 9.17) is 0 Å². The molecule has 0 spiro atoms. The van der Waals surface area contributed by atoms with E-state index >= 15 is 0 Å². The lowest BCUT2D eigenvalue weighted by Crippen LogP contribution is -2.75. The Morgan fingerprint density at radius 2 is 1.16 bits per heavy atom. The molecule has 0 fully saturated rings. The molecule has 0 saturated carbocycles. The Bertz CT molecular complexity index is 1370. The Hall–Kier alpha value is -3.16. The minimum Gasteiger partial charge on any atom is -0.0933 e. The predicted octanol–water partition coefficient (Wildman–Crippen LogP) is 2.68. The van der Waals surface area contributed by atoms with Crippen molar-refractivity contribution >= 4 is 58.0 Å². The van der Waals surface area contributed by atoms with Gasteiger partial charge in [-0.05, 0) is 11.6 Å². The zero-order valence-corrected chi connectivity index (χ0v) is 18.4. The van der Waals surface area contributed by atoms with Crippen LogP contribution in [0.5, 0.6) is 0 Å².